The summed E-state index contributed by atoms with van der Waals surface area (Å²) in [6.07, 6.45) is 1.15. The molecule has 0 saturated heterocycles. The molecule has 0 unspecified atom stereocenters. The largest absolute Gasteiger partial charge is 0.512 e. The Morgan fingerprint density at radius 3 is 2.26 bits per heavy atom. The fourth-order valence-electron chi connectivity index (χ4n) is 3.53. The van der Waals surface area contributed by atoms with Crippen LogP contribution in [0, 0.1) is 10.1 Å². The molecule has 1 aliphatic carbocycles. The van der Waals surface area contributed by atoms with Crippen molar-refractivity contribution in [1.82, 2.24) is 0 Å². The molecule has 0 fully saturated rings. The molecule has 2 N–H and O–H groups in total. The molecule has 3 aromatic carbocycles. The van der Waals surface area contributed by atoms with Crippen LogP contribution in [0.25, 0.3) is 16.7 Å². The number of nitro benzene ring substituents is 1. The van der Waals surface area contributed by atoms with Crippen molar-refractivity contribution in [2.75, 3.05) is 0 Å². The molecular formula is C22H17NO4. The van der Waals surface area contributed by atoms with Gasteiger partial charge in [0, 0.05) is 23.6 Å². The van der Waals surface area contributed by atoms with Crippen molar-refractivity contribution in [2.45, 2.75) is 12.8 Å². The highest BCUT2D eigenvalue weighted by Gasteiger charge is 2.24. The van der Waals surface area contributed by atoms with E-state index in [-0.39, 0.29) is 17.2 Å². The van der Waals surface area contributed by atoms with Crippen molar-refractivity contribution in [1.29, 1.82) is 0 Å². The Balaban J connectivity index is 1.81. The Hall–Kier alpha value is -3.60. The molecule has 0 saturated carbocycles. The van der Waals surface area contributed by atoms with Crippen LogP contribution in [0.3, 0.4) is 0 Å². The lowest BCUT2D eigenvalue weighted by Gasteiger charge is -2.22. The Labute approximate surface area is 156 Å². The summed E-state index contributed by atoms with van der Waals surface area (Å²) in [5.41, 5.74) is 4.84. The van der Waals surface area contributed by atoms with E-state index in [2.05, 4.69) is 6.07 Å². The molecule has 0 amide bonds. The summed E-state index contributed by atoms with van der Waals surface area (Å²) in [5, 5.41) is 31.7. The van der Waals surface area contributed by atoms with E-state index in [9.17, 15) is 20.3 Å². The number of aliphatic hydroxyl groups is 1. The summed E-state index contributed by atoms with van der Waals surface area (Å²) < 4.78 is 0. The molecule has 5 nitrogen and oxygen atoms in total. The number of phenols is 1. The molecule has 0 bridgehead atoms. The van der Waals surface area contributed by atoms with Gasteiger partial charge in [-0.1, -0.05) is 48.5 Å². The second kappa shape index (κ2) is 6.61. The first kappa shape index (κ1) is 16.8. The number of rotatable bonds is 3. The van der Waals surface area contributed by atoms with Crippen molar-refractivity contribution < 1.29 is 15.1 Å². The molecule has 1 aliphatic rings. The molecular weight excluding hydrogens is 342 g/mol. The van der Waals surface area contributed by atoms with Gasteiger partial charge in [0.25, 0.3) is 5.69 Å². The molecule has 27 heavy (non-hydrogen) atoms. The van der Waals surface area contributed by atoms with Gasteiger partial charge in [-0.05, 0) is 34.7 Å². The van der Waals surface area contributed by atoms with E-state index in [1.807, 2.05) is 42.5 Å². The van der Waals surface area contributed by atoms with Crippen LogP contribution < -0.4 is 0 Å². The van der Waals surface area contributed by atoms with Gasteiger partial charge in [0.05, 0.1) is 11.0 Å². The number of nitro groups is 1. The average molecular weight is 359 g/mol. The van der Waals surface area contributed by atoms with Crippen LogP contribution in [0.5, 0.6) is 5.75 Å². The van der Waals surface area contributed by atoms with Crippen molar-refractivity contribution in [3.8, 4) is 16.9 Å². The maximum absolute atomic E-state index is 10.9. The first-order chi connectivity index (χ1) is 13.0. The second-order valence-corrected chi connectivity index (χ2v) is 6.52. The lowest BCUT2D eigenvalue weighted by molar-refractivity contribution is -0.384. The highest BCUT2D eigenvalue weighted by atomic mass is 16.6. The zero-order chi connectivity index (χ0) is 19.0. The molecule has 3 aromatic rings. The number of nitrogens with zero attached hydrogens (tertiary/aromatic N) is 1. The van der Waals surface area contributed by atoms with E-state index in [1.54, 1.807) is 0 Å². The molecule has 0 aromatic heterocycles. The number of aryl methyl sites for hydroxylation is 1. The molecule has 5 heteroatoms. The fraction of sp³-hybridized carbons (Fsp3) is 0.0909. The van der Waals surface area contributed by atoms with Crippen molar-refractivity contribution in [3.63, 3.8) is 0 Å². The number of hydrogen-bond acceptors (Lipinski definition) is 4. The van der Waals surface area contributed by atoms with E-state index >= 15 is 0 Å². The Kier molecular flexibility index (Phi) is 4.12. The van der Waals surface area contributed by atoms with Gasteiger partial charge in [-0.2, -0.15) is 0 Å². The third kappa shape index (κ3) is 3.04. The fourth-order valence-corrected chi connectivity index (χ4v) is 3.53. The Morgan fingerprint density at radius 2 is 1.56 bits per heavy atom. The van der Waals surface area contributed by atoms with Gasteiger partial charge in [0.1, 0.15) is 11.5 Å². The predicted octanol–water partition coefficient (Wildman–Crippen LogP) is 5.23. The number of phenolic OH excluding ortho intramolecular Hbond substituents is 1. The normalized spacial score (nSPS) is 13.3. The highest BCUT2D eigenvalue weighted by Crippen LogP contribution is 2.40. The third-order valence-corrected chi connectivity index (χ3v) is 4.86. The molecule has 0 atom stereocenters. The van der Waals surface area contributed by atoms with Crippen LogP contribution in [0.1, 0.15) is 23.1 Å². The zero-order valence-corrected chi connectivity index (χ0v) is 14.4. The van der Waals surface area contributed by atoms with Crippen LogP contribution in [0.15, 0.2) is 72.5 Å². The SMILES string of the molecule is O=[N+]([O-])c1ccc(C2=C(O)CCc3cc(-c4ccccc4)ccc32)c(O)c1. The van der Waals surface area contributed by atoms with Gasteiger partial charge in [-0.25, -0.2) is 0 Å². The summed E-state index contributed by atoms with van der Waals surface area (Å²) in [6.45, 7) is 0. The van der Waals surface area contributed by atoms with E-state index < -0.39 is 4.92 Å². The van der Waals surface area contributed by atoms with E-state index in [1.165, 1.54) is 12.1 Å². The molecule has 0 heterocycles. The van der Waals surface area contributed by atoms with Crippen LogP contribution >= 0.6 is 0 Å². The summed E-state index contributed by atoms with van der Waals surface area (Å²) in [6, 6.07) is 20.0. The van der Waals surface area contributed by atoms with Gasteiger partial charge < -0.3 is 10.2 Å². The van der Waals surface area contributed by atoms with Crippen LogP contribution in [0.2, 0.25) is 0 Å². The maximum atomic E-state index is 10.9. The average Bonchev–Trinajstić information content (AvgIpc) is 2.68. The van der Waals surface area contributed by atoms with Gasteiger partial charge >= 0.3 is 0 Å². The number of aromatic hydroxyl groups is 1. The van der Waals surface area contributed by atoms with Crippen LogP contribution in [-0.2, 0) is 6.42 Å². The summed E-state index contributed by atoms with van der Waals surface area (Å²) in [5.74, 6) is -0.0372. The number of hydrogen-bond donors (Lipinski definition) is 2. The predicted molar refractivity (Wildman–Crippen MR) is 104 cm³/mol. The highest BCUT2D eigenvalue weighted by molar-refractivity contribution is 5.87. The summed E-state index contributed by atoms with van der Waals surface area (Å²) in [4.78, 5) is 10.4. The second-order valence-electron chi connectivity index (χ2n) is 6.52. The number of allylic oxidation sites excluding steroid dienone is 1. The van der Waals surface area contributed by atoms with Gasteiger partial charge in [0.2, 0.25) is 0 Å². The lowest BCUT2D eigenvalue weighted by Crippen LogP contribution is -2.07. The standard InChI is InChI=1S/C22H17NO4/c24-20-11-7-16-12-15(14-4-2-1-3-5-14)6-9-18(16)22(20)19-10-8-17(23(26)27)13-21(19)25/h1-6,8-10,12-13,24-25H,7,11H2. The Morgan fingerprint density at radius 1 is 0.815 bits per heavy atom. The minimum absolute atomic E-state index is 0.180. The maximum Gasteiger partial charge on any atom is 0.273 e. The number of non-ortho nitro benzene ring substituents is 1. The first-order valence-corrected chi connectivity index (χ1v) is 8.63. The zero-order valence-electron chi connectivity index (χ0n) is 14.4. The first-order valence-electron chi connectivity index (χ1n) is 8.63. The summed E-state index contributed by atoms with van der Waals surface area (Å²) >= 11 is 0. The van der Waals surface area contributed by atoms with Crippen molar-refractivity contribution in [2.24, 2.45) is 0 Å². The molecule has 134 valence electrons. The number of benzene rings is 3. The number of aliphatic hydroxyl groups excluding tert-OH is 1. The molecule has 0 spiro atoms. The van der Waals surface area contributed by atoms with Crippen molar-refractivity contribution >= 4 is 11.3 Å². The quantitative estimate of drug-likeness (QED) is 0.495. The van der Waals surface area contributed by atoms with Crippen LogP contribution in [-0.4, -0.2) is 15.1 Å². The minimum atomic E-state index is -0.557. The third-order valence-electron chi connectivity index (χ3n) is 4.86. The molecule has 0 radical (unpaired) electrons. The lowest BCUT2D eigenvalue weighted by atomic mass is 9.84. The minimum Gasteiger partial charge on any atom is -0.512 e. The van der Waals surface area contributed by atoms with E-state index in [0.29, 0.717) is 24.0 Å². The van der Waals surface area contributed by atoms with E-state index in [0.717, 1.165) is 28.3 Å². The Bertz CT molecular complexity index is 1070. The van der Waals surface area contributed by atoms with Gasteiger partial charge in [-0.3, -0.25) is 10.1 Å². The molecule has 4 rings (SSSR count). The van der Waals surface area contributed by atoms with E-state index in [4.69, 9.17) is 0 Å². The topological polar surface area (TPSA) is 83.6 Å². The monoisotopic (exact) mass is 359 g/mol. The van der Waals surface area contributed by atoms with Gasteiger partial charge in [-0.15, -0.1) is 0 Å². The number of fused-ring (bicyclic) bond motifs is 1. The van der Waals surface area contributed by atoms with Gasteiger partial charge in [0.15, 0.2) is 0 Å². The summed E-state index contributed by atoms with van der Waals surface area (Å²) in [7, 11) is 0. The van der Waals surface area contributed by atoms with Crippen LogP contribution in [0.4, 0.5) is 5.69 Å². The smallest absolute Gasteiger partial charge is 0.273 e. The van der Waals surface area contributed by atoms with Crippen molar-refractivity contribution in [3.05, 3.63) is 99.3 Å². The molecule has 0 aliphatic heterocycles.